The van der Waals surface area contributed by atoms with Gasteiger partial charge < -0.3 is 20.1 Å². The molecule has 0 bridgehead atoms. The van der Waals surface area contributed by atoms with Crippen LogP contribution in [0.5, 0.6) is 5.75 Å². The lowest BCUT2D eigenvalue weighted by Gasteiger charge is -2.26. The molecule has 37 heavy (non-hydrogen) atoms. The number of nitrogens with one attached hydrogen (secondary N) is 2. The van der Waals surface area contributed by atoms with Crippen molar-refractivity contribution in [1.82, 2.24) is 20.2 Å². The highest BCUT2D eigenvalue weighted by Gasteiger charge is 2.17. The third-order valence-electron chi connectivity index (χ3n) is 6.35. The summed E-state index contributed by atoms with van der Waals surface area (Å²) >= 11 is 0. The van der Waals surface area contributed by atoms with Crippen molar-refractivity contribution in [3.05, 3.63) is 93.2 Å². The number of aromatic hydroxyl groups is 1. The average molecular weight is 498 g/mol. The zero-order valence-corrected chi connectivity index (χ0v) is 20.7. The van der Waals surface area contributed by atoms with E-state index in [1.165, 1.54) is 11.9 Å². The van der Waals surface area contributed by atoms with Gasteiger partial charge in [0, 0.05) is 62.6 Å². The van der Waals surface area contributed by atoms with E-state index in [1.807, 2.05) is 24.3 Å². The van der Waals surface area contributed by atoms with E-state index < -0.39 is 5.56 Å². The number of nitriles is 1. The number of rotatable bonds is 9. The highest BCUT2D eigenvalue weighted by atomic mass is 16.5. The van der Waals surface area contributed by atoms with Crippen molar-refractivity contribution in [2.45, 2.75) is 25.3 Å². The van der Waals surface area contributed by atoms with Crippen LogP contribution in [-0.4, -0.2) is 59.4 Å². The fraction of sp³-hybridized carbons (Fsp3) is 0.345. The Labute approximate surface area is 216 Å². The van der Waals surface area contributed by atoms with Gasteiger partial charge in [-0.1, -0.05) is 36.1 Å². The monoisotopic (exact) mass is 497 g/mol. The zero-order chi connectivity index (χ0) is 25.9. The Balaban J connectivity index is 1.42. The molecular formula is C29H31N5O3. The predicted molar refractivity (Wildman–Crippen MR) is 141 cm³/mol. The molecule has 1 fully saturated rings. The van der Waals surface area contributed by atoms with Crippen molar-refractivity contribution in [1.29, 1.82) is 5.26 Å². The maximum Gasteiger partial charge on any atom is 0.293 e. The Kier molecular flexibility index (Phi) is 9.45. The number of hydrogen-bond donors (Lipinski definition) is 3. The van der Waals surface area contributed by atoms with Crippen molar-refractivity contribution in [2.24, 2.45) is 0 Å². The van der Waals surface area contributed by atoms with Crippen LogP contribution >= 0.6 is 0 Å². The smallest absolute Gasteiger partial charge is 0.293 e. The molecule has 2 heterocycles. The summed E-state index contributed by atoms with van der Waals surface area (Å²) in [6.07, 6.45) is 2.09. The molecule has 2 aromatic carbocycles. The minimum atomic E-state index is -0.555. The first-order valence-corrected chi connectivity index (χ1v) is 12.5. The lowest BCUT2D eigenvalue weighted by molar-refractivity contribution is 0.0342. The van der Waals surface area contributed by atoms with Gasteiger partial charge in [-0.2, -0.15) is 5.26 Å². The summed E-state index contributed by atoms with van der Waals surface area (Å²) in [5.74, 6) is 6.06. The molecule has 0 radical (unpaired) electrons. The number of aromatic amines is 1. The van der Waals surface area contributed by atoms with Gasteiger partial charge in [0.2, 0.25) is 5.75 Å². The molecule has 1 unspecified atom stereocenters. The second-order valence-corrected chi connectivity index (χ2v) is 9.00. The Morgan fingerprint density at radius 2 is 1.76 bits per heavy atom. The molecule has 1 saturated heterocycles. The van der Waals surface area contributed by atoms with Gasteiger partial charge in [0.25, 0.3) is 5.56 Å². The molecule has 0 aliphatic carbocycles. The summed E-state index contributed by atoms with van der Waals surface area (Å²) in [7, 11) is 0. The van der Waals surface area contributed by atoms with Gasteiger partial charge in [0.05, 0.1) is 31.3 Å². The van der Waals surface area contributed by atoms with Crippen LogP contribution in [0.3, 0.4) is 0 Å². The van der Waals surface area contributed by atoms with E-state index >= 15 is 0 Å². The summed E-state index contributed by atoms with van der Waals surface area (Å²) in [6, 6.07) is 18.5. The molecule has 1 aliphatic rings. The normalized spacial score (nSPS) is 14.4. The lowest BCUT2D eigenvalue weighted by atomic mass is 9.93. The molecule has 0 spiro atoms. The Bertz CT molecular complexity index is 1310. The van der Waals surface area contributed by atoms with E-state index in [9.17, 15) is 9.90 Å². The van der Waals surface area contributed by atoms with Gasteiger partial charge in [0.1, 0.15) is 0 Å². The summed E-state index contributed by atoms with van der Waals surface area (Å²) in [5, 5.41) is 22.2. The van der Waals surface area contributed by atoms with Crippen molar-refractivity contribution >= 4 is 0 Å². The fourth-order valence-corrected chi connectivity index (χ4v) is 4.23. The molecule has 4 rings (SSSR count). The number of H-pyrrole nitrogens is 1. The minimum Gasteiger partial charge on any atom is -0.502 e. The van der Waals surface area contributed by atoms with Crippen molar-refractivity contribution in [3.8, 4) is 23.7 Å². The van der Waals surface area contributed by atoms with E-state index in [0.29, 0.717) is 31.6 Å². The zero-order valence-electron chi connectivity index (χ0n) is 20.7. The van der Waals surface area contributed by atoms with E-state index in [-0.39, 0.29) is 11.7 Å². The quantitative estimate of drug-likeness (QED) is 0.307. The molecular weight excluding hydrogens is 466 g/mol. The van der Waals surface area contributed by atoms with E-state index in [1.54, 1.807) is 0 Å². The van der Waals surface area contributed by atoms with Crippen LogP contribution in [0.4, 0.5) is 0 Å². The number of ether oxygens (including phenoxy) is 1. The van der Waals surface area contributed by atoms with Gasteiger partial charge in [0.15, 0.2) is 0 Å². The molecule has 1 aromatic heterocycles. The van der Waals surface area contributed by atoms with Crippen LogP contribution in [0.25, 0.3) is 0 Å². The first kappa shape index (κ1) is 26.1. The summed E-state index contributed by atoms with van der Waals surface area (Å²) < 4.78 is 5.41. The maximum atomic E-state index is 11.8. The van der Waals surface area contributed by atoms with Gasteiger partial charge in [-0.05, 0) is 35.4 Å². The molecule has 8 nitrogen and oxygen atoms in total. The average Bonchev–Trinajstić information content (AvgIpc) is 2.93. The number of nitrogens with zero attached hydrogens (tertiary/aromatic N) is 3. The summed E-state index contributed by atoms with van der Waals surface area (Å²) in [4.78, 5) is 20.7. The van der Waals surface area contributed by atoms with Crippen LogP contribution in [0.2, 0.25) is 0 Å². The van der Waals surface area contributed by atoms with Crippen molar-refractivity contribution in [3.63, 3.8) is 0 Å². The van der Waals surface area contributed by atoms with Gasteiger partial charge in [-0.25, -0.2) is 4.98 Å². The largest absolute Gasteiger partial charge is 0.502 e. The van der Waals surface area contributed by atoms with Crippen LogP contribution in [0.15, 0.2) is 59.7 Å². The van der Waals surface area contributed by atoms with Crippen LogP contribution in [0.1, 0.15) is 40.3 Å². The summed E-state index contributed by atoms with van der Waals surface area (Å²) in [6.45, 7) is 5.60. The van der Waals surface area contributed by atoms with Crippen LogP contribution < -0.4 is 10.9 Å². The van der Waals surface area contributed by atoms with Crippen LogP contribution in [-0.2, 0) is 17.7 Å². The Morgan fingerprint density at radius 3 is 2.43 bits per heavy atom. The van der Waals surface area contributed by atoms with Gasteiger partial charge >= 0.3 is 0 Å². The molecule has 3 N–H and O–H groups in total. The SMILES string of the molecule is N#CCCNCC(Cc1nc[nH]c(=O)c1O)c1ccc(C#Cc2ccc(CN3CCOCC3)cc2)cc1. The second-order valence-electron chi connectivity index (χ2n) is 9.00. The van der Waals surface area contributed by atoms with Gasteiger partial charge in [-0.15, -0.1) is 0 Å². The number of hydrogen-bond acceptors (Lipinski definition) is 7. The third kappa shape index (κ3) is 7.77. The third-order valence-corrected chi connectivity index (χ3v) is 6.35. The Hall–Kier alpha value is -3.95. The first-order chi connectivity index (χ1) is 18.1. The van der Waals surface area contributed by atoms with E-state index in [2.05, 4.69) is 62.4 Å². The standard InChI is InChI=1S/C29H31N5O3/c30-12-1-13-31-19-26(18-27-28(35)29(36)33-21-32-27)25-10-8-23(9-11-25)3-2-22-4-6-24(7-5-22)20-34-14-16-37-17-15-34/h4-11,21,26,31,35H,1,13-20H2,(H,32,33,36). The topological polar surface area (TPSA) is 114 Å². The molecule has 3 aromatic rings. The predicted octanol–water partition coefficient (Wildman–Crippen LogP) is 2.54. The van der Waals surface area contributed by atoms with Gasteiger partial charge in [-0.3, -0.25) is 9.69 Å². The summed E-state index contributed by atoms with van der Waals surface area (Å²) in [5.41, 5.74) is 3.95. The Morgan fingerprint density at radius 1 is 1.08 bits per heavy atom. The number of benzene rings is 2. The van der Waals surface area contributed by atoms with Crippen molar-refractivity contribution < 1.29 is 9.84 Å². The van der Waals surface area contributed by atoms with Crippen LogP contribution in [0, 0.1) is 23.2 Å². The van der Waals surface area contributed by atoms with Crippen molar-refractivity contribution in [2.75, 3.05) is 39.4 Å². The van der Waals surface area contributed by atoms with E-state index in [4.69, 9.17) is 10.00 Å². The molecule has 1 atom stereocenters. The molecule has 190 valence electrons. The number of aromatic nitrogens is 2. The van der Waals surface area contributed by atoms with E-state index in [0.717, 1.165) is 49.5 Å². The molecule has 1 aliphatic heterocycles. The molecule has 0 amide bonds. The highest BCUT2D eigenvalue weighted by molar-refractivity contribution is 5.44. The molecule has 8 heteroatoms. The number of morpholine rings is 1. The highest BCUT2D eigenvalue weighted by Crippen LogP contribution is 2.23. The first-order valence-electron chi connectivity index (χ1n) is 12.5. The fourth-order valence-electron chi connectivity index (χ4n) is 4.23. The lowest BCUT2D eigenvalue weighted by Crippen LogP contribution is -2.35. The molecule has 0 saturated carbocycles. The maximum absolute atomic E-state index is 11.8. The second kappa shape index (κ2) is 13.4. The minimum absolute atomic E-state index is 0.0417.